The zero-order valence-electron chi connectivity index (χ0n) is 19.3. The summed E-state index contributed by atoms with van der Waals surface area (Å²) in [5, 5.41) is 16.8. The Morgan fingerprint density at radius 3 is 2.47 bits per heavy atom. The molecule has 1 aliphatic rings. The van der Waals surface area contributed by atoms with Crippen LogP contribution in [0.3, 0.4) is 0 Å². The molecule has 0 saturated carbocycles. The Bertz CT molecular complexity index is 955. The van der Waals surface area contributed by atoms with Crippen LogP contribution in [0.25, 0.3) is 0 Å². The summed E-state index contributed by atoms with van der Waals surface area (Å²) in [6, 6.07) is 10.5. The van der Waals surface area contributed by atoms with Crippen LogP contribution in [0.4, 0.5) is 8.78 Å². The number of aliphatic hydroxyl groups is 1. The average Bonchev–Trinajstić information content (AvgIpc) is 3.10. The van der Waals surface area contributed by atoms with Crippen LogP contribution >= 0.6 is 10.6 Å². The number of hydrogen-bond acceptors (Lipinski definition) is 5. The van der Waals surface area contributed by atoms with Crippen molar-refractivity contribution in [3.63, 3.8) is 0 Å². The van der Waals surface area contributed by atoms with Gasteiger partial charge in [0.05, 0.1) is 12.1 Å². The number of benzene rings is 2. The second-order valence-electron chi connectivity index (χ2n) is 9.06. The molecule has 0 aromatic heterocycles. The third kappa shape index (κ3) is 8.32. The van der Waals surface area contributed by atoms with E-state index in [1.807, 2.05) is 18.2 Å². The molecule has 2 aromatic rings. The first kappa shape index (κ1) is 26.6. The van der Waals surface area contributed by atoms with Crippen molar-refractivity contribution < 1.29 is 27.8 Å². The van der Waals surface area contributed by atoms with Gasteiger partial charge in [-0.1, -0.05) is 31.2 Å². The topological polar surface area (TPSA) is 102 Å². The summed E-state index contributed by atoms with van der Waals surface area (Å²) in [6.07, 6.45) is 0.623. The number of rotatable bonds is 11. The number of hydrogen-bond donors (Lipinski definition) is 5. The molecule has 1 amide bonds. The van der Waals surface area contributed by atoms with Gasteiger partial charge in [0, 0.05) is 37.1 Å². The predicted molar refractivity (Wildman–Crippen MR) is 131 cm³/mol. The van der Waals surface area contributed by atoms with Crippen molar-refractivity contribution in [2.24, 2.45) is 5.92 Å². The lowest BCUT2D eigenvalue weighted by Crippen LogP contribution is -2.49. The van der Waals surface area contributed by atoms with Crippen LogP contribution in [0, 0.1) is 17.6 Å². The summed E-state index contributed by atoms with van der Waals surface area (Å²) >= 11 is 0. The smallest absolute Gasteiger partial charge is 0.220 e. The van der Waals surface area contributed by atoms with Crippen LogP contribution in [0.15, 0.2) is 42.5 Å². The molecule has 3 rings (SSSR count). The average molecular weight is 497 g/mol. The van der Waals surface area contributed by atoms with E-state index in [1.165, 1.54) is 17.7 Å². The fraction of sp³-hybridized carbons (Fsp3) is 0.480. The van der Waals surface area contributed by atoms with E-state index in [2.05, 4.69) is 23.6 Å². The van der Waals surface area contributed by atoms with Crippen LogP contribution in [-0.2, 0) is 24.2 Å². The maximum atomic E-state index is 13.7. The first-order valence-electron chi connectivity index (χ1n) is 11.6. The van der Waals surface area contributed by atoms with E-state index in [0.717, 1.165) is 18.1 Å². The molecule has 1 unspecified atom stereocenters. The molecule has 34 heavy (non-hydrogen) atoms. The van der Waals surface area contributed by atoms with Gasteiger partial charge < -0.3 is 15.7 Å². The first-order valence-corrected chi connectivity index (χ1v) is 13.5. The molecule has 5 N–H and O–H groups in total. The minimum atomic E-state index is -2.61. The molecule has 1 aliphatic heterocycles. The van der Waals surface area contributed by atoms with Crippen molar-refractivity contribution in [1.82, 2.24) is 10.6 Å². The number of amides is 1. The summed E-state index contributed by atoms with van der Waals surface area (Å²) in [6.45, 7) is 2.77. The van der Waals surface area contributed by atoms with Crippen molar-refractivity contribution >= 4 is 16.5 Å². The lowest BCUT2D eigenvalue weighted by atomic mass is 9.99. The van der Waals surface area contributed by atoms with E-state index in [4.69, 9.17) is 0 Å². The van der Waals surface area contributed by atoms with Crippen LogP contribution in [0.1, 0.15) is 36.5 Å². The summed E-state index contributed by atoms with van der Waals surface area (Å²) < 4.78 is 47.0. The Morgan fingerprint density at radius 1 is 1.12 bits per heavy atom. The minimum absolute atomic E-state index is 0.0500. The Kier molecular flexibility index (Phi) is 9.44. The fourth-order valence-electron chi connectivity index (χ4n) is 4.32. The molecule has 1 saturated heterocycles. The van der Waals surface area contributed by atoms with E-state index in [-0.39, 0.29) is 37.0 Å². The lowest BCUT2D eigenvalue weighted by molar-refractivity contribution is -0.123. The van der Waals surface area contributed by atoms with Crippen LogP contribution in [0.5, 0.6) is 0 Å². The molecule has 1 heterocycles. The molecule has 2 aromatic carbocycles. The van der Waals surface area contributed by atoms with Gasteiger partial charge in [-0.2, -0.15) is 10.6 Å². The van der Waals surface area contributed by atoms with Gasteiger partial charge in [-0.15, -0.1) is 0 Å². The largest absolute Gasteiger partial charge is 0.390 e. The highest BCUT2D eigenvalue weighted by molar-refractivity contribution is 8.24. The molecular weight excluding hydrogens is 462 g/mol. The Balaban J connectivity index is 1.62. The van der Waals surface area contributed by atoms with Crippen LogP contribution in [0.2, 0.25) is 0 Å². The molecule has 1 fully saturated rings. The van der Waals surface area contributed by atoms with Gasteiger partial charge in [0.1, 0.15) is 11.6 Å². The summed E-state index contributed by atoms with van der Waals surface area (Å²) in [4.78, 5) is 12.7. The van der Waals surface area contributed by atoms with Crippen LogP contribution < -0.4 is 10.6 Å². The zero-order valence-corrected chi connectivity index (χ0v) is 20.2. The summed E-state index contributed by atoms with van der Waals surface area (Å²) in [7, 11) is -2.61. The predicted octanol–water partition coefficient (Wildman–Crippen LogP) is 3.87. The van der Waals surface area contributed by atoms with Gasteiger partial charge in [0.25, 0.3) is 0 Å². The Hall–Kier alpha value is -2.04. The van der Waals surface area contributed by atoms with Crippen molar-refractivity contribution in [2.75, 3.05) is 18.1 Å². The van der Waals surface area contributed by atoms with E-state index >= 15 is 0 Å². The van der Waals surface area contributed by atoms with Crippen molar-refractivity contribution in [2.45, 2.75) is 51.3 Å². The van der Waals surface area contributed by atoms with E-state index in [9.17, 15) is 27.8 Å². The lowest BCUT2D eigenvalue weighted by Gasteiger charge is -2.27. The highest BCUT2D eigenvalue weighted by Crippen LogP contribution is 2.49. The second-order valence-corrected chi connectivity index (χ2v) is 11.4. The maximum Gasteiger partial charge on any atom is 0.220 e. The van der Waals surface area contributed by atoms with Gasteiger partial charge in [-0.3, -0.25) is 13.9 Å². The molecule has 6 nitrogen and oxygen atoms in total. The Labute approximate surface area is 201 Å². The van der Waals surface area contributed by atoms with E-state index < -0.39 is 34.4 Å². The van der Waals surface area contributed by atoms with Crippen molar-refractivity contribution in [3.05, 3.63) is 70.8 Å². The van der Waals surface area contributed by atoms with Crippen LogP contribution in [-0.4, -0.2) is 50.3 Å². The van der Waals surface area contributed by atoms with E-state index in [0.29, 0.717) is 24.3 Å². The number of carbonyl (C=O) groups is 1. The number of halogens is 2. The van der Waals surface area contributed by atoms with Crippen molar-refractivity contribution in [1.29, 1.82) is 0 Å². The second kappa shape index (κ2) is 12.1. The molecule has 188 valence electrons. The quantitative estimate of drug-likeness (QED) is 0.325. The monoisotopic (exact) mass is 496 g/mol. The third-order valence-electron chi connectivity index (χ3n) is 6.10. The number of carbonyl (C=O) groups excluding carboxylic acids is 1. The molecule has 0 bridgehead atoms. The number of nitrogens with one attached hydrogen (secondary N) is 2. The number of aliphatic hydroxyl groups excluding tert-OH is 1. The standard InChI is InChI=1S/C25H34F2N2O4S/c1-2-17-4-3-5-18(8-17)14-28-15-24(30)23(11-20-9-21(26)13-22(27)10-20)29-25(31)12-19-6-7-34(32,33)16-19/h3-5,8-10,13,19,23-24,28,30,32-33H,2,6-7,11-12,14-16H2,1H3,(H,29,31)/t19?,23-,24-/m0/s1. The Morgan fingerprint density at radius 2 is 1.82 bits per heavy atom. The van der Waals surface area contributed by atoms with Gasteiger partial charge in [0.15, 0.2) is 0 Å². The molecular formula is C25H34F2N2O4S. The molecule has 3 atom stereocenters. The summed E-state index contributed by atoms with van der Waals surface area (Å²) in [5.74, 6) is -1.43. The van der Waals surface area contributed by atoms with E-state index in [1.54, 1.807) is 0 Å². The normalized spacial score (nSPS) is 20.0. The molecule has 9 heteroatoms. The van der Waals surface area contributed by atoms with Gasteiger partial charge in [-0.25, -0.2) is 8.78 Å². The highest BCUT2D eigenvalue weighted by atomic mass is 32.3. The fourth-order valence-corrected chi connectivity index (χ4v) is 6.24. The van der Waals surface area contributed by atoms with Gasteiger partial charge in [-0.05, 0) is 54.0 Å². The maximum absolute atomic E-state index is 13.7. The first-order chi connectivity index (χ1) is 16.1. The molecule has 0 aliphatic carbocycles. The summed E-state index contributed by atoms with van der Waals surface area (Å²) in [5.41, 5.74) is 2.61. The van der Waals surface area contributed by atoms with Gasteiger partial charge in [0.2, 0.25) is 5.91 Å². The van der Waals surface area contributed by atoms with Gasteiger partial charge >= 0.3 is 0 Å². The molecule has 0 spiro atoms. The number of aryl methyl sites for hydroxylation is 1. The zero-order chi connectivity index (χ0) is 24.7. The third-order valence-corrected chi connectivity index (χ3v) is 8.00. The molecule has 0 radical (unpaired) electrons. The minimum Gasteiger partial charge on any atom is -0.390 e. The highest BCUT2D eigenvalue weighted by Gasteiger charge is 2.31. The SMILES string of the molecule is CCc1cccc(CNC[C@H](O)[C@H](Cc2cc(F)cc(F)c2)NC(=O)CC2CCS(O)(O)C2)c1. The van der Waals surface area contributed by atoms with Crippen molar-refractivity contribution in [3.8, 4) is 0 Å².